The summed E-state index contributed by atoms with van der Waals surface area (Å²) in [6.45, 7) is 0.941. The lowest BCUT2D eigenvalue weighted by molar-refractivity contribution is -0.133. The van der Waals surface area contributed by atoms with E-state index in [1.54, 1.807) is 11.0 Å². The predicted octanol–water partition coefficient (Wildman–Crippen LogP) is 3.35. The van der Waals surface area contributed by atoms with E-state index in [1.807, 2.05) is 60.7 Å². The van der Waals surface area contributed by atoms with Crippen molar-refractivity contribution in [2.75, 3.05) is 0 Å². The molecule has 4 rings (SSSR count). The first-order valence-electron chi connectivity index (χ1n) is 9.63. The van der Waals surface area contributed by atoms with Crippen molar-refractivity contribution >= 4 is 5.91 Å². The van der Waals surface area contributed by atoms with Crippen LogP contribution in [0.4, 0.5) is 0 Å². The third-order valence-corrected chi connectivity index (χ3v) is 4.95. The lowest BCUT2D eigenvalue weighted by atomic mass is 10.1. The maximum Gasteiger partial charge on any atom is 0.267 e. The van der Waals surface area contributed by atoms with Crippen molar-refractivity contribution in [2.24, 2.45) is 0 Å². The molecule has 0 unspecified atom stereocenters. The highest BCUT2D eigenvalue weighted by molar-refractivity contribution is 5.76. The first-order chi connectivity index (χ1) is 13.7. The molecule has 0 radical (unpaired) electrons. The van der Waals surface area contributed by atoms with Gasteiger partial charge in [0.25, 0.3) is 5.56 Å². The van der Waals surface area contributed by atoms with E-state index in [9.17, 15) is 9.59 Å². The van der Waals surface area contributed by atoms with Crippen molar-refractivity contribution in [3.8, 4) is 0 Å². The lowest BCUT2D eigenvalue weighted by Gasteiger charge is -2.23. The van der Waals surface area contributed by atoms with Gasteiger partial charge in [-0.05, 0) is 30.0 Å². The summed E-state index contributed by atoms with van der Waals surface area (Å²) in [4.78, 5) is 27.1. The second-order valence-corrected chi connectivity index (χ2v) is 7.25. The monoisotopic (exact) mass is 373 g/mol. The van der Waals surface area contributed by atoms with Gasteiger partial charge in [0.2, 0.25) is 5.91 Å². The molecule has 3 aromatic rings. The van der Waals surface area contributed by atoms with Gasteiger partial charge in [0.15, 0.2) is 0 Å². The third-order valence-electron chi connectivity index (χ3n) is 4.95. The molecule has 0 atom stereocenters. The van der Waals surface area contributed by atoms with Crippen LogP contribution in [-0.2, 0) is 24.4 Å². The van der Waals surface area contributed by atoms with E-state index in [0.717, 1.165) is 29.7 Å². The molecule has 0 saturated heterocycles. The Morgan fingerprint density at radius 1 is 0.893 bits per heavy atom. The molecule has 5 heteroatoms. The van der Waals surface area contributed by atoms with Gasteiger partial charge in [-0.2, -0.15) is 5.10 Å². The van der Waals surface area contributed by atoms with Crippen LogP contribution >= 0.6 is 0 Å². The fourth-order valence-electron chi connectivity index (χ4n) is 3.24. The molecule has 1 aromatic heterocycles. The van der Waals surface area contributed by atoms with Crippen LogP contribution in [-0.4, -0.2) is 20.6 Å². The first kappa shape index (κ1) is 18.2. The second-order valence-electron chi connectivity index (χ2n) is 7.25. The molecule has 1 aliphatic carbocycles. The summed E-state index contributed by atoms with van der Waals surface area (Å²) < 4.78 is 1.30. The highest BCUT2D eigenvalue weighted by atomic mass is 16.2. The molecule has 1 saturated carbocycles. The highest BCUT2D eigenvalue weighted by Gasteiger charge is 2.26. The minimum atomic E-state index is -0.239. The SMILES string of the molecule is O=C(Cn1nc(C2CC2)ccc1=O)N(Cc1ccccc1)Cc1ccccc1. The van der Waals surface area contributed by atoms with Gasteiger partial charge < -0.3 is 4.90 Å². The molecule has 0 spiro atoms. The van der Waals surface area contributed by atoms with Gasteiger partial charge in [0.05, 0.1) is 5.69 Å². The lowest BCUT2D eigenvalue weighted by Crippen LogP contribution is -2.36. The summed E-state index contributed by atoms with van der Waals surface area (Å²) in [7, 11) is 0. The molecule has 1 aliphatic rings. The molecule has 28 heavy (non-hydrogen) atoms. The molecule has 1 amide bonds. The fourth-order valence-corrected chi connectivity index (χ4v) is 3.24. The van der Waals surface area contributed by atoms with E-state index < -0.39 is 0 Å². The van der Waals surface area contributed by atoms with Crippen LogP contribution in [0.15, 0.2) is 77.6 Å². The summed E-state index contributed by atoms with van der Waals surface area (Å²) >= 11 is 0. The Kier molecular flexibility index (Phi) is 5.33. The topological polar surface area (TPSA) is 55.2 Å². The highest BCUT2D eigenvalue weighted by Crippen LogP contribution is 2.38. The van der Waals surface area contributed by atoms with Gasteiger partial charge in [-0.3, -0.25) is 9.59 Å². The molecule has 1 heterocycles. The van der Waals surface area contributed by atoms with Gasteiger partial charge in [-0.1, -0.05) is 60.7 Å². The fraction of sp³-hybridized carbons (Fsp3) is 0.261. The van der Waals surface area contributed by atoms with Gasteiger partial charge in [-0.15, -0.1) is 0 Å². The average molecular weight is 373 g/mol. The number of rotatable bonds is 7. The minimum Gasteiger partial charge on any atom is -0.332 e. The normalized spacial score (nSPS) is 13.3. The zero-order valence-electron chi connectivity index (χ0n) is 15.7. The van der Waals surface area contributed by atoms with Crippen LogP contribution < -0.4 is 5.56 Å². The molecule has 2 aromatic carbocycles. The Hall–Kier alpha value is -3.21. The van der Waals surface area contributed by atoms with Crippen molar-refractivity contribution in [2.45, 2.75) is 38.4 Å². The van der Waals surface area contributed by atoms with E-state index in [-0.39, 0.29) is 18.0 Å². The van der Waals surface area contributed by atoms with Crippen LogP contribution in [0.2, 0.25) is 0 Å². The zero-order valence-corrected chi connectivity index (χ0v) is 15.7. The quantitative estimate of drug-likeness (QED) is 0.638. The van der Waals surface area contributed by atoms with Crippen molar-refractivity contribution in [3.63, 3.8) is 0 Å². The minimum absolute atomic E-state index is 0.0426. The maximum absolute atomic E-state index is 13.1. The molecular weight excluding hydrogens is 350 g/mol. The van der Waals surface area contributed by atoms with Crippen LogP contribution in [0.5, 0.6) is 0 Å². The molecule has 0 N–H and O–H groups in total. The van der Waals surface area contributed by atoms with E-state index in [0.29, 0.717) is 19.0 Å². The van der Waals surface area contributed by atoms with Crippen molar-refractivity contribution < 1.29 is 4.79 Å². The summed E-state index contributed by atoms with van der Waals surface area (Å²) in [6, 6.07) is 23.1. The number of hydrogen-bond donors (Lipinski definition) is 0. The van der Waals surface area contributed by atoms with Crippen LogP contribution in [0.1, 0.15) is 35.6 Å². The first-order valence-corrected chi connectivity index (χ1v) is 9.63. The Morgan fingerprint density at radius 3 is 2.00 bits per heavy atom. The van der Waals surface area contributed by atoms with Gasteiger partial charge in [0, 0.05) is 25.1 Å². The molecule has 5 nitrogen and oxygen atoms in total. The third kappa shape index (κ3) is 4.55. The molecule has 0 aliphatic heterocycles. The number of amides is 1. The number of aromatic nitrogens is 2. The Balaban J connectivity index is 1.55. The van der Waals surface area contributed by atoms with E-state index in [4.69, 9.17) is 0 Å². The van der Waals surface area contributed by atoms with Gasteiger partial charge >= 0.3 is 0 Å². The number of carbonyl (C=O) groups is 1. The molecule has 1 fully saturated rings. The van der Waals surface area contributed by atoms with E-state index >= 15 is 0 Å². The number of benzene rings is 2. The Bertz CT molecular complexity index is 954. The van der Waals surface area contributed by atoms with Crippen LogP contribution in [0, 0.1) is 0 Å². The van der Waals surface area contributed by atoms with Crippen molar-refractivity contribution in [1.82, 2.24) is 14.7 Å². The van der Waals surface area contributed by atoms with Gasteiger partial charge in [0.1, 0.15) is 6.54 Å². The summed E-state index contributed by atoms with van der Waals surface area (Å²) in [5, 5.41) is 4.43. The zero-order chi connectivity index (χ0) is 19.3. The average Bonchev–Trinajstić information content (AvgIpc) is 3.56. The van der Waals surface area contributed by atoms with Gasteiger partial charge in [-0.25, -0.2) is 4.68 Å². The Morgan fingerprint density at radius 2 is 1.46 bits per heavy atom. The Labute approximate surface area is 164 Å². The van der Waals surface area contributed by atoms with E-state index in [2.05, 4.69) is 5.10 Å². The number of carbonyl (C=O) groups excluding carboxylic acids is 1. The smallest absolute Gasteiger partial charge is 0.267 e. The second kappa shape index (κ2) is 8.21. The maximum atomic E-state index is 13.1. The molecule has 142 valence electrons. The molecular formula is C23H23N3O2. The predicted molar refractivity (Wildman–Crippen MR) is 108 cm³/mol. The van der Waals surface area contributed by atoms with Crippen molar-refractivity contribution in [1.29, 1.82) is 0 Å². The largest absolute Gasteiger partial charge is 0.332 e. The summed E-state index contributed by atoms with van der Waals surface area (Å²) in [6.07, 6.45) is 2.21. The molecule has 0 bridgehead atoms. The number of hydrogen-bond acceptors (Lipinski definition) is 3. The van der Waals surface area contributed by atoms with E-state index in [1.165, 1.54) is 10.7 Å². The summed E-state index contributed by atoms with van der Waals surface area (Å²) in [5.74, 6) is 0.321. The standard InChI is InChI=1S/C23H23N3O2/c27-22-14-13-21(20-11-12-20)24-26(22)17-23(28)25(15-18-7-3-1-4-8-18)16-19-9-5-2-6-10-19/h1-10,13-14,20H,11-12,15-17H2. The van der Waals surface area contributed by atoms with Crippen LogP contribution in [0.3, 0.4) is 0 Å². The van der Waals surface area contributed by atoms with Crippen LogP contribution in [0.25, 0.3) is 0 Å². The number of nitrogens with zero attached hydrogens (tertiary/aromatic N) is 3. The van der Waals surface area contributed by atoms with Crippen molar-refractivity contribution in [3.05, 3.63) is 100.0 Å². The summed E-state index contributed by atoms with van der Waals surface area (Å²) in [5.41, 5.74) is 2.78.